The molecule has 1 heterocycles. The van der Waals surface area contributed by atoms with Crippen molar-refractivity contribution in [2.24, 2.45) is 0 Å². The summed E-state index contributed by atoms with van der Waals surface area (Å²) in [4.78, 5) is 8.59. The van der Waals surface area contributed by atoms with Gasteiger partial charge in [0.15, 0.2) is 0 Å². The Morgan fingerprint density at radius 2 is 2.06 bits per heavy atom. The molecule has 0 atom stereocenters. The first-order chi connectivity index (χ1) is 7.56. The second kappa shape index (κ2) is 5.49. The fourth-order valence-corrected chi connectivity index (χ4v) is 1.15. The van der Waals surface area contributed by atoms with Crippen LogP contribution >= 0.6 is 0 Å². The number of rotatable bonds is 4. The van der Waals surface area contributed by atoms with Crippen molar-refractivity contribution in [2.75, 3.05) is 12.3 Å². The monoisotopic (exact) mass is 221 g/mol. The van der Waals surface area contributed by atoms with Gasteiger partial charge in [0.25, 0.3) is 0 Å². The fraction of sp³-hybridized carbons (Fsp3) is 0.500. The Kier molecular flexibility index (Phi) is 4.28. The van der Waals surface area contributed by atoms with Gasteiger partial charge in [-0.15, -0.1) is 0 Å². The highest BCUT2D eigenvalue weighted by atomic mass is 16.5. The predicted octanol–water partition coefficient (Wildman–Crippen LogP) is 2.45. The van der Waals surface area contributed by atoms with Crippen molar-refractivity contribution in [1.82, 2.24) is 9.97 Å². The predicted molar refractivity (Wildman–Crippen MR) is 65.6 cm³/mol. The Hall–Kier alpha value is -1.58. The molecule has 0 aliphatic rings. The van der Waals surface area contributed by atoms with E-state index >= 15 is 0 Å². The van der Waals surface area contributed by atoms with Gasteiger partial charge < -0.3 is 10.5 Å². The number of aromatic nitrogens is 2. The van der Waals surface area contributed by atoms with Gasteiger partial charge in [-0.05, 0) is 13.8 Å². The van der Waals surface area contributed by atoms with E-state index in [9.17, 15) is 0 Å². The molecule has 1 aromatic heterocycles. The summed E-state index contributed by atoms with van der Waals surface area (Å²) in [7, 11) is 0. The van der Waals surface area contributed by atoms with Crippen molar-refractivity contribution in [3.05, 3.63) is 23.5 Å². The van der Waals surface area contributed by atoms with Crippen LogP contribution in [0.5, 0.6) is 5.88 Å². The van der Waals surface area contributed by atoms with Crippen LogP contribution in [-0.4, -0.2) is 16.6 Å². The molecule has 0 spiro atoms. The summed E-state index contributed by atoms with van der Waals surface area (Å²) in [5, 5.41) is 0. The number of hydrogen-bond donors (Lipinski definition) is 1. The SMILES string of the molecule is C/C=C/COc1nc(C(C)C)nc(N)c1C. The highest BCUT2D eigenvalue weighted by Gasteiger charge is 2.11. The van der Waals surface area contributed by atoms with Crippen molar-refractivity contribution in [1.29, 1.82) is 0 Å². The van der Waals surface area contributed by atoms with E-state index in [1.807, 2.05) is 39.8 Å². The van der Waals surface area contributed by atoms with Gasteiger partial charge in [0, 0.05) is 5.92 Å². The number of ether oxygens (including phenoxy) is 1. The zero-order chi connectivity index (χ0) is 12.1. The summed E-state index contributed by atoms with van der Waals surface area (Å²) in [5.41, 5.74) is 6.61. The third-order valence-corrected chi connectivity index (χ3v) is 2.22. The van der Waals surface area contributed by atoms with Crippen LogP contribution < -0.4 is 10.5 Å². The zero-order valence-electron chi connectivity index (χ0n) is 10.3. The summed E-state index contributed by atoms with van der Waals surface area (Å²) in [6, 6.07) is 0. The molecule has 0 unspecified atom stereocenters. The standard InChI is InChI=1S/C12H19N3O/c1-5-6-7-16-12-9(4)10(13)14-11(15-12)8(2)3/h5-6,8H,7H2,1-4H3,(H2,13,14,15)/b6-5+. The van der Waals surface area contributed by atoms with Gasteiger partial charge in [-0.25, -0.2) is 4.98 Å². The molecule has 0 bridgehead atoms. The molecule has 0 amide bonds. The van der Waals surface area contributed by atoms with Gasteiger partial charge in [0.05, 0.1) is 5.56 Å². The highest BCUT2D eigenvalue weighted by Crippen LogP contribution is 2.22. The largest absolute Gasteiger partial charge is 0.473 e. The zero-order valence-corrected chi connectivity index (χ0v) is 10.3. The van der Waals surface area contributed by atoms with Crippen LogP contribution in [0.4, 0.5) is 5.82 Å². The van der Waals surface area contributed by atoms with Crippen LogP contribution in [-0.2, 0) is 0 Å². The Labute approximate surface area is 96.6 Å². The smallest absolute Gasteiger partial charge is 0.222 e. The van der Waals surface area contributed by atoms with Crippen molar-refractivity contribution >= 4 is 5.82 Å². The van der Waals surface area contributed by atoms with Crippen LogP contribution in [0.1, 0.15) is 38.1 Å². The molecule has 4 nitrogen and oxygen atoms in total. The molecule has 88 valence electrons. The molecule has 1 rings (SSSR count). The first-order valence-corrected chi connectivity index (χ1v) is 5.44. The van der Waals surface area contributed by atoms with Crippen molar-refractivity contribution in [2.45, 2.75) is 33.6 Å². The topological polar surface area (TPSA) is 61.0 Å². The highest BCUT2D eigenvalue weighted by molar-refractivity contribution is 5.44. The molecule has 0 aliphatic heterocycles. The quantitative estimate of drug-likeness (QED) is 0.793. The molecule has 0 fully saturated rings. The summed E-state index contributed by atoms with van der Waals surface area (Å²) in [6.07, 6.45) is 3.86. The van der Waals surface area contributed by atoms with Crippen LogP contribution in [0.3, 0.4) is 0 Å². The van der Waals surface area contributed by atoms with E-state index in [0.29, 0.717) is 18.3 Å². The maximum atomic E-state index is 5.81. The van der Waals surface area contributed by atoms with Crippen molar-refractivity contribution in [3.63, 3.8) is 0 Å². The number of nitrogens with two attached hydrogens (primary N) is 1. The molecule has 2 N–H and O–H groups in total. The molecule has 1 aromatic rings. The van der Waals surface area contributed by atoms with Crippen LogP contribution in [0.2, 0.25) is 0 Å². The lowest BCUT2D eigenvalue weighted by atomic mass is 10.2. The Bertz CT molecular complexity index is 386. The normalized spacial score (nSPS) is 11.3. The lowest BCUT2D eigenvalue weighted by Crippen LogP contribution is -2.08. The van der Waals surface area contributed by atoms with Crippen LogP contribution in [0.25, 0.3) is 0 Å². The summed E-state index contributed by atoms with van der Waals surface area (Å²) in [6.45, 7) is 8.37. The molecule has 0 radical (unpaired) electrons. The number of hydrogen-bond acceptors (Lipinski definition) is 4. The van der Waals surface area contributed by atoms with Gasteiger partial charge in [0.2, 0.25) is 5.88 Å². The lowest BCUT2D eigenvalue weighted by Gasteiger charge is -2.11. The third-order valence-electron chi connectivity index (χ3n) is 2.22. The Balaban J connectivity index is 2.97. The minimum Gasteiger partial charge on any atom is -0.473 e. The maximum Gasteiger partial charge on any atom is 0.222 e. The van der Waals surface area contributed by atoms with Gasteiger partial charge in [0.1, 0.15) is 18.2 Å². The van der Waals surface area contributed by atoms with E-state index in [1.54, 1.807) is 0 Å². The lowest BCUT2D eigenvalue weighted by molar-refractivity contribution is 0.343. The van der Waals surface area contributed by atoms with Gasteiger partial charge in [-0.2, -0.15) is 4.98 Å². The second-order valence-corrected chi connectivity index (χ2v) is 3.93. The molecule has 4 heteroatoms. The maximum absolute atomic E-state index is 5.81. The minimum absolute atomic E-state index is 0.243. The molecule has 0 saturated carbocycles. The van der Waals surface area contributed by atoms with Crippen molar-refractivity contribution in [3.8, 4) is 5.88 Å². The molecular formula is C12H19N3O. The number of nitrogen functional groups attached to an aromatic ring is 1. The molecule has 0 aliphatic carbocycles. The molecule has 0 saturated heterocycles. The van der Waals surface area contributed by atoms with Crippen molar-refractivity contribution < 1.29 is 4.74 Å². The van der Waals surface area contributed by atoms with Crippen LogP contribution in [0.15, 0.2) is 12.2 Å². The van der Waals surface area contributed by atoms with Gasteiger partial charge in [-0.3, -0.25) is 0 Å². The molecular weight excluding hydrogens is 202 g/mol. The van der Waals surface area contributed by atoms with E-state index in [1.165, 1.54) is 0 Å². The van der Waals surface area contributed by atoms with E-state index in [4.69, 9.17) is 10.5 Å². The van der Waals surface area contributed by atoms with Crippen LogP contribution in [0, 0.1) is 6.92 Å². The van der Waals surface area contributed by atoms with E-state index < -0.39 is 0 Å². The fourth-order valence-electron chi connectivity index (χ4n) is 1.15. The summed E-state index contributed by atoms with van der Waals surface area (Å²) in [5.74, 6) is 2.04. The number of nitrogens with zero attached hydrogens (tertiary/aromatic N) is 2. The summed E-state index contributed by atoms with van der Waals surface area (Å²) < 4.78 is 5.53. The van der Waals surface area contributed by atoms with E-state index in [0.717, 1.165) is 11.4 Å². The Morgan fingerprint density at radius 1 is 1.38 bits per heavy atom. The minimum atomic E-state index is 0.243. The first kappa shape index (κ1) is 12.5. The average molecular weight is 221 g/mol. The average Bonchev–Trinajstić information content (AvgIpc) is 2.24. The Morgan fingerprint density at radius 3 is 2.62 bits per heavy atom. The first-order valence-electron chi connectivity index (χ1n) is 5.44. The number of anilines is 1. The summed E-state index contributed by atoms with van der Waals surface area (Å²) >= 11 is 0. The van der Waals surface area contributed by atoms with Gasteiger partial charge in [-0.1, -0.05) is 26.0 Å². The third kappa shape index (κ3) is 2.95. The second-order valence-electron chi connectivity index (χ2n) is 3.93. The van der Waals surface area contributed by atoms with Gasteiger partial charge >= 0.3 is 0 Å². The molecule has 0 aromatic carbocycles. The van der Waals surface area contributed by atoms with E-state index in [-0.39, 0.29) is 5.92 Å². The van der Waals surface area contributed by atoms with E-state index in [2.05, 4.69) is 9.97 Å². The molecule has 16 heavy (non-hydrogen) atoms. The number of allylic oxidation sites excluding steroid dienone is 1.